The van der Waals surface area contributed by atoms with Crippen molar-refractivity contribution in [2.45, 2.75) is 53.0 Å². The minimum Gasteiger partial charge on any atom is -0.335 e. The minimum atomic E-state index is -0.112. The lowest BCUT2D eigenvalue weighted by Crippen LogP contribution is -2.38. The van der Waals surface area contributed by atoms with Gasteiger partial charge in [0, 0.05) is 18.5 Å². The number of hydrogen-bond donors (Lipinski definition) is 2. The monoisotopic (exact) mass is 279 g/mol. The van der Waals surface area contributed by atoms with E-state index in [0.29, 0.717) is 23.8 Å². The molecule has 0 aromatic carbocycles. The normalized spacial score (nSPS) is 11.0. The van der Waals surface area contributed by atoms with Gasteiger partial charge in [0.2, 0.25) is 0 Å². The molecule has 0 aliphatic carbocycles. The lowest BCUT2D eigenvalue weighted by Gasteiger charge is -2.26. The molecule has 0 unspecified atom stereocenters. The Kier molecular flexibility index (Phi) is 5.88. The van der Waals surface area contributed by atoms with Gasteiger partial charge in [-0.25, -0.2) is 9.97 Å². The van der Waals surface area contributed by atoms with Crippen molar-refractivity contribution in [1.29, 1.82) is 0 Å². The van der Waals surface area contributed by atoms with Crippen LogP contribution in [-0.2, 0) is 0 Å². The fourth-order valence-corrected chi connectivity index (χ4v) is 1.91. The van der Waals surface area contributed by atoms with Crippen LogP contribution in [-0.4, -0.2) is 33.4 Å². The predicted molar refractivity (Wildman–Crippen MR) is 80.4 cm³/mol. The Morgan fingerprint density at radius 3 is 2.50 bits per heavy atom. The van der Waals surface area contributed by atoms with E-state index in [4.69, 9.17) is 5.84 Å². The summed E-state index contributed by atoms with van der Waals surface area (Å²) in [6.07, 6.45) is 2.47. The summed E-state index contributed by atoms with van der Waals surface area (Å²) in [7, 11) is 0. The van der Waals surface area contributed by atoms with Crippen molar-refractivity contribution < 1.29 is 4.79 Å². The number of nitrogen functional groups attached to an aromatic ring is 1. The maximum absolute atomic E-state index is 12.7. The number of rotatable bonds is 6. The van der Waals surface area contributed by atoms with Crippen LogP contribution in [0, 0.1) is 0 Å². The minimum absolute atomic E-state index is 0.112. The fourth-order valence-electron chi connectivity index (χ4n) is 1.91. The number of anilines is 1. The van der Waals surface area contributed by atoms with E-state index in [1.807, 2.05) is 34.6 Å². The molecule has 1 amide bonds. The lowest BCUT2D eigenvalue weighted by molar-refractivity contribution is 0.0700. The van der Waals surface area contributed by atoms with E-state index in [1.165, 1.54) is 0 Å². The van der Waals surface area contributed by atoms with E-state index >= 15 is 0 Å². The topological polar surface area (TPSA) is 84.1 Å². The van der Waals surface area contributed by atoms with Crippen molar-refractivity contribution in [1.82, 2.24) is 14.9 Å². The van der Waals surface area contributed by atoms with Gasteiger partial charge in [0.25, 0.3) is 5.91 Å². The number of aromatic nitrogens is 2. The summed E-state index contributed by atoms with van der Waals surface area (Å²) in [6.45, 7) is 10.7. The molecule has 1 aromatic rings. The highest BCUT2D eigenvalue weighted by Crippen LogP contribution is 2.18. The third-order valence-electron chi connectivity index (χ3n) is 3.03. The SMILES string of the molecule is CCCN(C(=O)c1nc(C(C)C)ncc1NN)C(C)C. The maximum Gasteiger partial charge on any atom is 0.275 e. The van der Waals surface area contributed by atoms with E-state index in [0.717, 1.165) is 6.42 Å². The number of hydrazine groups is 1. The lowest BCUT2D eigenvalue weighted by atomic mass is 10.2. The summed E-state index contributed by atoms with van der Waals surface area (Å²) in [6, 6.07) is 0.116. The highest BCUT2D eigenvalue weighted by Gasteiger charge is 2.23. The fraction of sp³-hybridized carbons (Fsp3) is 0.643. The number of hydrogen-bond acceptors (Lipinski definition) is 5. The summed E-state index contributed by atoms with van der Waals surface area (Å²) in [5.74, 6) is 6.16. The Morgan fingerprint density at radius 1 is 1.40 bits per heavy atom. The molecule has 0 fully saturated rings. The van der Waals surface area contributed by atoms with Crippen LogP contribution in [0.15, 0.2) is 6.20 Å². The van der Waals surface area contributed by atoms with Crippen molar-refractivity contribution in [3.8, 4) is 0 Å². The van der Waals surface area contributed by atoms with Gasteiger partial charge in [0.15, 0.2) is 5.69 Å². The summed E-state index contributed by atoms with van der Waals surface area (Å²) in [4.78, 5) is 23.1. The molecule has 0 aliphatic heterocycles. The Morgan fingerprint density at radius 2 is 2.05 bits per heavy atom. The van der Waals surface area contributed by atoms with Crippen molar-refractivity contribution in [3.63, 3.8) is 0 Å². The average molecular weight is 279 g/mol. The van der Waals surface area contributed by atoms with Gasteiger partial charge in [0.1, 0.15) is 5.82 Å². The highest BCUT2D eigenvalue weighted by atomic mass is 16.2. The maximum atomic E-state index is 12.7. The first-order valence-electron chi connectivity index (χ1n) is 7.06. The number of amides is 1. The van der Waals surface area contributed by atoms with Crippen LogP contribution in [0.2, 0.25) is 0 Å². The Hall–Kier alpha value is -1.69. The average Bonchev–Trinajstić information content (AvgIpc) is 2.42. The predicted octanol–water partition coefficient (Wildman–Crippen LogP) is 2.15. The molecule has 0 spiro atoms. The molecular weight excluding hydrogens is 254 g/mol. The summed E-state index contributed by atoms with van der Waals surface area (Å²) >= 11 is 0. The highest BCUT2D eigenvalue weighted by molar-refractivity contribution is 5.97. The van der Waals surface area contributed by atoms with Gasteiger partial charge in [-0.15, -0.1) is 0 Å². The van der Waals surface area contributed by atoms with E-state index in [-0.39, 0.29) is 17.9 Å². The second-order valence-corrected chi connectivity index (χ2v) is 5.38. The molecule has 0 aliphatic rings. The van der Waals surface area contributed by atoms with Crippen LogP contribution in [0.5, 0.6) is 0 Å². The second-order valence-electron chi connectivity index (χ2n) is 5.38. The van der Waals surface area contributed by atoms with Gasteiger partial charge in [-0.1, -0.05) is 20.8 Å². The zero-order valence-corrected chi connectivity index (χ0v) is 13.0. The molecule has 3 N–H and O–H groups in total. The van der Waals surface area contributed by atoms with Crippen LogP contribution in [0.3, 0.4) is 0 Å². The quantitative estimate of drug-likeness (QED) is 0.615. The molecule has 0 saturated carbocycles. The second kappa shape index (κ2) is 7.19. The Balaban J connectivity index is 3.20. The van der Waals surface area contributed by atoms with E-state index in [2.05, 4.69) is 15.4 Å². The van der Waals surface area contributed by atoms with Gasteiger partial charge >= 0.3 is 0 Å². The van der Waals surface area contributed by atoms with Crippen molar-refractivity contribution in [2.24, 2.45) is 5.84 Å². The number of carbonyl (C=O) groups is 1. The molecule has 0 bridgehead atoms. The van der Waals surface area contributed by atoms with Crippen molar-refractivity contribution >= 4 is 11.6 Å². The van der Waals surface area contributed by atoms with E-state index < -0.39 is 0 Å². The largest absolute Gasteiger partial charge is 0.335 e. The standard InChI is InChI=1S/C14H25N5O/c1-6-7-19(10(4)5)14(20)12-11(18-15)8-16-13(17-12)9(2)3/h8-10,18H,6-7,15H2,1-5H3. The molecule has 0 saturated heterocycles. The number of nitrogens with zero attached hydrogens (tertiary/aromatic N) is 3. The van der Waals surface area contributed by atoms with Gasteiger partial charge in [-0.3, -0.25) is 10.6 Å². The van der Waals surface area contributed by atoms with Gasteiger partial charge < -0.3 is 10.3 Å². The van der Waals surface area contributed by atoms with Crippen molar-refractivity contribution in [2.75, 3.05) is 12.0 Å². The van der Waals surface area contributed by atoms with E-state index in [1.54, 1.807) is 11.1 Å². The molecule has 1 aromatic heterocycles. The van der Waals surface area contributed by atoms with Gasteiger partial charge in [-0.2, -0.15) is 0 Å². The van der Waals surface area contributed by atoms with Crippen LogP contribution in [0.25, 0.3) is 0 Å². The smallest absolute Gasteiger partial charge is 0.275 e. The molecule has 112 valence electrons. The summed E-state index contributed by atoms with van der Waals surface area (Å²) in [5.41, 5.74) is 3.31. The molecule has 6 heteroatoms. The number of nitrogens with one attached hydrogen (secondary N) is 1. The number of carbonyl (C=O) groups excluding carboxylic acids is 1. The van der Waals surface area contributed by atoms with E-state index in [9.17, 15) is 4.79 Å². The van der Waals surface area contributed by atoms with Gasteiger partial charge in [-0.05, 0) is 20.3 Å². The zero-order chi connectivity index (χ0) is 15.3. The van der Waals surface area contributed by atoms with Crippen molar-refractivity contribution in [3.05, 3.63) is 17.7 Å². The molecule has 0 radical (unpaired) electrons. The zero-order valence-electron chi connectivity index (χ0n) is 13.0. The first-order chi connectivity index (χ1) is 9.42. The number of nitrogens with two attached hydrogens (primary N) is 1. The van der Waals surface area contributed by atoms with Gasteiger partial charge in [0.05, 0.1) is 11.9 Å². The summed E-state index contributed by atoms with van der Waals surface area (Å²) in [5, 5.41) is 0. The molecule has 20 heavy (non-hydrogen) atoms. The molecule has 0 atom stereocenters. The molecular formula is C14H25N5O. The first-order valence-corrected chi connectivity index (χ1v) is 7.06. The Bertz CT molecular complexity index is 459. The Labute approximate surface area is 120 Å². The van der Waals surface area contributed by atoms with Crippen LogP contribution < -0.4 is 11.3 Å². The third kappa shape index (κ3) is 3.66. The first kappa shape index (κ1) is 16.4. The van der Waals surface area contributed by atoms with Crippen LogP contribution in [0.1, 0.15) is 63.3 Å². The molecule has 6 nitrogen and oxygen atoms in total. The molecule has 1 heterocycles. The molecule has 1 rings (SSSR count). The van der Waals surface area contributed by atoms with Crippen LogP contribution >= 0.6 is 0 Å². The third-order valence-corrected chi connectivity index (χ3v) is 3.03. The summed E-state index contributed by atoms with van der Waals surface area (Å²) < 4.78 is 0. The van der Waals surface area contributed by atoms with Crippen LogP contribution in [0.4, 0.5) is 5.69 Å².